The van der Waals surface area contributed by atoms with Crippen LogP contribution in [0.2, 0.25) is 5.02 Å². The van der Waals surface area contributed by atoms with Crippen LogP contribution in [0.5, 0.6) is 0 Å². The summed E-state index contributed by atoms with van der Waals surface area (Å²) in [5, 5.41) is 25.4. The summed E-state index contributed by atoms with van der Waals surface area (Å²) in [6.07, 6.45) is -2.54. The highest BCUT2D eigenvalue weighted by Crippen LogP contribution is 2.29. The Bertz CT molecular complexity index is 1710. The SMILES string of the molecule is Cc1cccc(NC(=O)N2CCN(S(=O)(=O)c3ccc(F)c(Cl)c3)C2C(=O)NC(CC(=O)O)c2cccc([N+](=O)[O-])c2)c1. The van der Waals surface area contributed by atoms with Crippen LogP contribution in [0.3, 0.4) is 0 Å². The zero-order valence-corrected chi connectivity index (χ0v) is 24.0. The maximum atomic E-state index is 13.8. The highest BCUT2D eigenvalue weighted by Gasteiger charge is 2.47. The van der Waals surface area contributed by atoms with E-state index >= 15 is 0 Å². The number of benzene rings is 3. The third-order valence-electron chi connectivity index (χ3n) is 6.57. The fourth-order valence-corrected chi connectivity index (χ4v) is 6.38. The molecular formula is C27H25ClFN5O8S. The highest BCUT2D eigenvalue weighted by molar-refractivity contribution is 7.89. The van der Waals surface area contributed by atoms with Gasteiger partial charge in [0.25, 0.3) is 11.6 Å². The number of carboxylic acid groups (broad SMARTS) is 1. The number of urea groups is 1. The molecule has 1 aliphatic heterocycles. The number of carboxylic acids is 1. The summed E-state index contributed by atoms with van der Waals surface area (Å²) in [4.78, 5) is 50.0. The van der Waals surface area contributed by atoms with Gasteiger partial charge in [-0.15, -0.1) is 0 Å². The van der Waals surface area contributed by atoms with E-state index in [9.17, 15) is 42.4 Å². The molecule has 2 atom stereocenters. The van der Waals surface area contributed by atoms with Gasteiger partial charge >= 0.3 is 12.0 Å². The van der Waals surface area contributed by atoms with Crippen LogP contribution in [-0.4, -0.2) is 64.8 Å². The van der Waals surface area contributed by atoms with Gasteiger partial charge in [0.15, 0.2) is 6.17 Å². The average Bonchev–Trinajstić information content (AvgIpc) is 3.41. The lowest BCUT2D eigenvalue weighted by Gasteiger charge is -2.30. The molecule has 16 heteroatoms. The number of non-ortho nitro benzene ring substituents is 1. The number of carbonyl (C=O) groups is 3. The maximum Gasteiger partial charge on any atom is 0.323 e. The van der Waals surface area contributed by atoms with E-state index in [-0.39, 0.29) is 24.3 Å². The third kappa shape index (κ3) is 7.07. The number of anilines is 1. The number of carbonyl (C=O) groups excluding carboxylic acids is 2. The van der Waals surface area contributed by atoms with Crippen molar-refractivity contribution in [1.29, 1.82) is 0 Å². The fraction of sp³-hybridized carbons (Fsp3) is 0.222. The average molecular weight is 634 g/mol. The van der Waals surface area contributed by atoms with Gasteiger partial charge in [0, 0.05) is 30.9 Å². The number of nitro benzene ring substituents is 1. The smallest absolute Gasteiger partial charge is 0.323 e. The van der Waals surface area contributed by atoms with Crippen molar-refractivity contribution < 1.29 is 37.2 Å². The van der Waals surface area contributed by atoms with Gasteiger partial charge in [-0.05, 0) is 48.4 Å². The van der Waals surface area contributed by atoms with E-state index in [1.165, 1.54) is 18.2 Å². The van der Waals surface area contributed by atoms with Gasteiger partial charge in [0.2, 0.25) is 10.0 Å². The number of nitrogens with one attached hydrogen (secondary N) is 2. The molecule has 2 unspecified atom stereocenters. The van der Waals surface area contributed by atoms with Gasteiger partial charge < -0.3 is 15.7 Å². The van der Waals surface area contributed by atoms with Crippen LogP contribution < -0.4 is 10.6 Å². The van der Waals surface area contributed by atoms with Crippen molar-refractivity contribution in [2.45, 2.75) is 30.4 Å². The van der Waals surface area contributed by atoms with E-state index in [0.717, 1.165) is 34.7 Å². The number of hydrogen-bond donors (Lipinski definition) is 3. The number of rotatable bonds is 9. The summed E-state index contributed by atoms with van der Waals surface area (Å²) < 4.78 is 41.9. The molecule has 0 radical (unpaired) electrons. The van der Waals surface area contributed by atoms with Crippen molar-refractivity contribution in [2.75, 3.05) is 18.4 Å². The topological polar surface area (TPSA) is 179 Å². The van der Waals surface area contributed by atoms with Crippen LogP contribution in [0.1, 0.15) is 23.6 Å². The molecule has 13 nitrogen and oxygen atoms in total. The van der Waals surface area contributed by atoms with Gasteiger partial charge in [-0.3, -0.25) is 24.6 Å². The van der Waals surface area contributed by atoms with Gasteiger partial charge in [0.1, 0.15) is 5.82 Å². The van der Waals surface area contributed by atoms with E-state index in [1.807, 2.05) is 0 Å². The Morgan fingerprint density at radius 1 is 1.12 bits per heavy atom. The summed E-state index contributed by atoms with van der Waals surface area (Å²) in [6.45, 7) is 1.20. The van der Waals surface area contributed by atoms with Gasteiger partial charge in [-0.25, -0.2) is 17.6 Å². The standard InChI is InChI=1S/C27H25ClFN5O8S/c1-16-4-2-6-18(12-16)30-27(38)32-10-11-33(43(41,42)20-8-9-22(29)21(28)14-20)26(32)25(37)31-23(15-24(35)36)17-5-3-7-19(13-17)34(39)40/h2-9,12-14,23,26H,10-11,15H2,1H3,(H,30,38)(H,31,37)(H,35,36). The Kier molecular flexibility index (Phi) is 9.27. The molecule has 3 amide bonds. The molecule has 3 N–H and O–H groups in total. The summed E-state index contributed by atoms with van der Waals surface area (Å²) in [5.41, 5.74) is 0.897. The second-order valence-corrected chi connectivity index (χ2v) is 11.9. The first-order chi connectivity index (χ1) is 20.3. The molecular weight excluding hydrogens is 609 g/mol. The molecule has 0 aliphatic carbocycles. The first-order valence-corrected chi connectivity index (χ1v) is 14.5. The molecule has 3 aromatic rings. The van der Waals surface area contributed by atoms with Crippen molar-refractivity contribution in [3.8, 4) is 0 Å². The zero-order valence-electron chi connectivity index (χ0n) is 22.4. The molecule has 0 saturated carbocycles. The highest BCUT2D eigenvalue weighted by atomic mass is 35.5. The van der Waals surface area contributed by atoms with E-state index in [1.54, 1.807) is 31.2 Å². The molecule has 1 heterocycles. The quantitative estimate of drug-likeness (QED) is 0.234. The predicted molar refractivity (Wildman–Crippen MR) is 152 cm³/mol. The zero-order chi connectivity index (χ0) is 31.5. The maximum absolute atomic E-state index is 13.8. The third-order valence-corrected chi connectivity index (χ3v) is 8.71. The van der Waals surface area contributed by atoms with Crippen LogP contribution in [0.15, 0.2) is 71.6 Å². The second-order valence-electron chi connectivity index (χ2n) is 9.57. The lowest BCUT2D eigenvalue weighted by Crippen LogP contribution is -2.55. The summed E-state index contributed by atoms with van der Waals surface area (Å²) >= 11 is 5.81. The second kappa shape index (κ2) is 12.7. The molecule has 1 fully saturated rings. The van der Waals surface area contributed by atoms with Crippen LogP contribution in [-0.2, 0) is 19.6 Å². The first-order valence-electron chi connectivity index (χ1n) is 12.7. The van der Waals surface area contributed by atoms with Gasteiger partial charge in [0.05, 0.1) is 27.3 Å². The van der Waals surface area contributed by atoms with Crippen LogP contribution in [0.4, 0.5) is 20.6 Å². The number of amides is 3. The Labute approximate surface area is 250 Å². The molecule has 1 saturated heterocycles. The summed E-state index contributed by atoms with van der Waals surface area (Å²) in [6, 6.07) is 12.2. The van der Waals surface area contributed by atoms with Crippen molar-refractivity contribution in [3.05, 3.63) is 98.8 Å². The molecule has 3 aromatic carbocycles. The predicted octanol–water partition coefficient (Wildman–Crippen LogP) is 3.89. The Hall–Kier alpha value is -4.60. The minimum Gasteiger partial charge on any atom is -0.481 e. The Balaban J connectivity index is 1.73. The van der Waals surface area contributed by atoms with Crippen molar-refractivity contribution in [1.82, 2.24) is 14.5 Å². The molecule has 0 bridgehead atoms. The van der Waals surface area contributed by atoms with Crippen molar-refractivity contribution in [3.63, 3.8) is 0 Å². The monoisotopic (exact) mass is 633 g/mol. The minimum absolute atomic E-state index is 0.0680. The van der Waals surface area contributed by atoms with Crippen LogP contribution >= 0.6 is 11.6 Å². The molecule has 0 spiro atoms. The van der Waals surface area contributed by atoms with Gasteiger partial charge in [-0.1, -0.05) is 35.9 Å². The normalized spacial score (nSPS) is 16.0. The number of halogens is 2. The Morgan fingerprint density at radius 3 is 2.49 bits per heavy atom. The molecule has 4 rings (SSSR count). The summed E-state index contributed by atoms with van der Waals surface area (Å²) in [7, 11) is -4.57. The van der Waals surface area contributed by atoms with E-state index < -0.39 is 67.2 Å². The van der Waals surface area contributed by atoms with E-state index in [4.69, 9.17) is 11.6 Å². The van der Waals surface area contributed by atoms with Crippen LogP contribution in [0.25, 0.3) is 0 Å². The number of aryl methyl sites for hydroxylation is 1. The van der Waals surface area contributed by atoms with E-state index in [0.29, 0.717) is 9.99 Å². The van der Waals surface area contributed by atoms with Crippen molar-refractivity contribution >= 4 is 50.9 Å². The number of nitrogens with zero attached hydrogens (tertiary/aromatic N) is 3. The lowest BCUT2D eigenvalue weighted by atomic mass is 10.0. The molecule has 1 aliphatic rings. The van der Waals surface area contributed by atoms with Crippen molar-refractivity contribution in [2.24, 2.45) is 0 Å². The Morgan fingerprint density at radius 2 is 1.84 bits per heavy atom. The van der Waals surface area contributed by atoms with Gasteiger partial charge in [-0.2, -0.15) is 4.31 Å². The van der Waals surface area contributed by atoms with Crippen LogP contribution in [0, 0.1) is 22.9 Å². The molecule has 226 valence electrons. The number of nitro groups is 1. The molecule has 43 heavy (non-hydrogen) atoms. The largest absolute Gasteiger partial charge is 0.481 e. The molecule has 0 aromatic heterocycles. The number of sulfonamides is 1. The summed E-state index contributed by atoms with van der Waals surface area (Å²) in [5.74, 6) is -3.31. The lowest BCUT2D eigenvalue weighted by molar-refractivity contribution is -0.384. The number of hydrogen-bond acceptors (Lipinski definition) is 7. The first kappa shape index (κ1) is 31.3. The fourth-order valence-electron chi connectivity index (χ4n) is 4.56. The van der Waals surface area contributed by atoms with E-state index in [2.05, 4.69) is 10.6 Å². The minimum atomic E-state index is -4.57. The number of aliphatic carboxylic acids is 1.